The summed E-state index contributed by atoms with van der Waals surface area (Å²) < 4.78 is 20.2. The summed E-state index contributed by atoms with van der Waals surface area (Å²) in [5.74, 6) is 0.209. The number of hydrogen-bond donors (Lipinski definition) is 0. The standard InChI is InChI=1S/C7H11NO3S/c1-2-7(9)8-12(10)5-3-11-4-6-12/h2H,1,3-6H2. The van der Waals surface area contributed by atoms with Crippen molar-refractivity contribution in [2.75, 3.05) is 24.7 Å². The third kappa shape index (κ3) is 2.42. The van der Waals surface area contributed by atoms with Crippen molar-refractivity contribution >= 4 is 15.6 Å². The van der Waals surface area contributed by atoms with Crippen molar-refractivity contribution in [3.63, 3.8) is 0 Å². The Hall–Kier alpha value is -0.680. The molecule has 0 aliphatic carbocycles. The summed E-state index contributed by atoms with van der Waals surface area (Å²) in [6.07, 6.45) is 1.07. The molecule has 0 radical (unpaired) electrons. The van der Waals surface area contributed by atoms with Crippen LogP contribution in [-0.4, -0.2) is 34.8 Å². The largest absolute Gasteiger partial charge is 0.379 e. The predicted molar refractivity (Wildman–Crippen MR) is 46.3 cm³/mol. The van der Waals surface area contributed by atoms with Crippen LogP contribution in [0.1, 0.15) is 0 Å². The molecule has 12 heavy (non-hydrogen) atoms. The fourth-order valence-electron chi connectivity index (χ4n) is 0.875. The Bertz CT molecular complexity index is 290. The average Bonchev–Trinajstić information content (AvgIpc) is 2.05. The van der Waals surface area contributed by atoms with E-state index < -0.39 is 15.6 Å². The van der Waals surface area contributed by atoms with Crippen LogP contribution in [0, 0.1) is 0 Å². The quantitative estimate of drug-likeness (QED) is 0.553. The number of rotatable bonds is 1. The van der Waals surface area contributed by atoms with Crippen LogP contribution in [0.5, 0.6) is 0 Å². The number of carbonyl (C=O) groups is 1. The van der Waals surface area contributed by atoms with Crippen LogP contribution in [-0.2, 0) is 19.3 Å². The maximum absolute atomic E-state index is 11.7. The molecule has 0 aromatic heterocycles. The highest BCUT2D eigenvalue weighted by Crippen LogP contribution is 2.03. The zero-order valence-corrected chi connectivity index (χ0v) is 7.51. The molecule has 1 amide bonds. The fourth-order valence-corrected chi connectivity index (χ4v) is 2.42. The Morgan fingerprint density at radius 1 is 1.50 bits per heavy atom. The highest BCUT2D eigenvalue weighted by atomic mass is 32.2. The Kier molecular flexibility index (Phi) is 2.99. The van der Waals surface area contributed by atoms with Crippen LogP contribution in [0.25, 0.3) is 0 Å². The lowest BCUT2D eigenvalue weighted by atomic mass is 10.6. The zero-order valence-electron chi connectivity index (χ0n) is 6.69. The SMILES string of the molecule is C=CC(=O)N=S1(=O)CCOCC1. The summed E-state index contributed by atoms with van der Waals surface area (Å²) in [5, 5.41) is 0. The van der Waals surface area contributed by atoms with E-state index >= 15 is 0 Å². The molecule has 5 heteroatoms. The normalized spacial score (nSPS) is 21.3. The first-order valence-electron chi connectivity index (χ1n) is 3.63. The molecule has 0 saturated carbocycles. The molecule has 1 saturated heterocycles. The first kappa shape index (κ1) is 9.41. The fraction of sp³-hybridized carbons (Fsp3) is 0.571. The second-order valence-electron chi connectivity index (χ2n) is 2.43. The molecule has 0 atom stereocenters. The molecule has 0 unspecified atom stereocenters. The van der Waals surface area contributed by atoms with E-state index in [1.807, 2.05) is 0 Å². The van der Waals surface area contributed by atoms with Crippen molar-refractivity contribution < 1.29 is 13.7 Å². The van der Waals surface area contributed by atoms with Gasteiger partial charge in [0.15, 0.2) is 0 Å². The van der Waals surface area contributed by atoms with Gasteiger partial charge in [0.2, 0.25) is 0 Å². The lowest BCUT2D eigenvalue weighted by molar-refractivity contribution is -0.113. The molecule has 1 fully saturated rings. The van der Waals surface area contributed by atoms with Gasteiger partial charge in [-0.15, -0.1) is 0 Å². The van der Waals surface area contributed by atoms with Gasteiger partial charge in [0.25, 0.3) is 5.91 Å². The van der Waals surface area contributed by atoms with Crippen LogP contribution in [0.15, 0.2) is 17.0 Å². The molecule has 4 nitrogen and oxygen atoms in total. The summed E-state index contributed by atoms with van der Waals surface area (Å²) >= 11 is 0. The Labute approximate surface area is 71.8 Å². The van der Waals surface area contributed by atoms with Gasteiger partial charge in [0.05, 0.1) is 34.4 Å². The molecule has 1 aliphatic heterocycles. The maximum Gasteiger partial charge on any atom is 0.277 e. The number of ether oxygens (including phenoxy) is 1. The van der Waals surface area contributed by atoms with E-state index in [0.717, 1.165) is 6.08 Å². The van der Waals surface area contributed by atoms with Crippen LogP contribution < -0.4 is 0 Å². The second-order valence-corrected chi connectivity index (χ2v) is 4.97. The molecule has 1 rings (SSSR count). The number of amides is 1. The van der Waals surface area contributed by atoms with Gasteiger partial charge in [-0.2, -0.15) is 4.36 Å². The molecule has 68 valence electrons. The van der Waals surface area contributed by atoms with Crippen molar-refractivity contribution in [1.82, 2.24) is 0 Å². The van der Waals surface area contributed by atoms with E-state index in [2.05, 4.69) is 10.9 Å². The van der Waals surface area contributed by atoms with E-state index in [0.29, 0.717) is 24.7 Å². The van der Waals surface area contributed by atoms with Crippen LogP contribution >= 0.6 is 0 Å². The molecule has 1 aliphatic rings. The van der Waals surface area contributed by atoms with Crippen molar-refractivity contribution in [3.05, 3.63) is 12.7 Å². The summed E-state index contributed by atoms with van der Waals surface area (Å²) in [5.41, 5.74) is 0. The summed E-state index contributed by atoms with van der Waals surface area (Å²) in [6, 6.07) is 0. The number of carbonyl (C=O) groups excluding carboxylic acids is 1. The van der Waals surface area contributed by atoms with Crippen LogP contribution in [0.4, 0.5) is 0 Å². The third-order valence-corrected chi connectivity index (χ3v) is 3.65. The first-order valence-corrected chi connectivity index (χ1v) is 5.48. The molecular formula is C7H11NO3S. The number of nitrogens with zero attached hydrogens (tertiary/aromatic N) is 1. The summed E-state index contributed by atoms with van der Waals surface area (Å²) in [7, 11) is -2.32. The van der Waals surface area contributed by atoms with Crippen molar-refractivity contribution in [1.29, 1.82) is 0 Å². The van der Waals surface area contributed by atoms with Crippen LogP contribution in [0.3, 0.4) is 0 Å². The Balaban J connectivity index is 2.82. The molecule has 0 N–H and O–H groups in total. The van der Waals surface area contributed by atoms with Gasteiger partial charge < -0.3 is 4.74 Å². The lowest BCUT2D eigenvalue weighted by Gasteiger charge is -2.14. The monoisotopic (exact) mass is 189 g/mol. The van der Waals surface area contributed by atoms with Gasteiger partial charge in [0, 0.05) is 0 Å². The molecular weight excluding hydrogens is 178 g/mol. The predicted octanol–water partition coefficient (Wildman–Crippen LogP) is 0.197. The second kappa shape index (κ2) is 3.82. The maximum atomic E-state index is 11.7. The van der Waals surface area contributed by atoms with Crippen molar-refractivity contribution in [3.8, 4) is 0 Å². The minimum Gasteiger partial charge on any atom is -0.379 e. The number of hydrogen-bond acceptors (Lipinski definition) is 3. The molecule has 0 aromatic rings. The molecule has 0 aromatic carbocycles. The minimum atomic E-state index is -2.32. The first-order chi connectivity index (χ1) is 5.66. The molecule has 0 spiro atoms. The van der Waals surface area contributed by atoms with E-state index in [1.54, 1.807) is 0 Å². The minimum absolute atomic E-state index is 0.354. The highest BCUT2D eigenvalue weighted by molar-refractivity contribution is 7.93. The van der Waals surface area contributed by atoms with Crippen molar-refractivity contribution in [2.24, 2.45) is 4.36 Å². The van der Waals surface area contributed by atoms with E-state index in [4.69, 9.17) is 4.74 Å². The topological polar surface area (TPSA) is 55.7 Å². The summed E-state index contributed by atoms with van der Waals surface area (Å²) in [4.78, 5) is 10.8. The van der Waals surface area contributed by atoms with E-state index in [-0.39, 0.29) is 0 Å². The van der Waals surface area contributed by atoms with Crippen molar-refractivity contribution in [2.45, 2.75) is 0 Å². The van der Waals surface area contributed by atoms with Gasteiger partial charge in [-0.3, -0.25) is 4.79 Å². The van der Waals surface area contributed by atoms with Gasteiger partial charge in [-0.25, -0.2) is 4.21 Å². The molecule has 1 heterocycles. The van der Waals surface area contributed by atoms with Crippen LogP contribution in [0.2, 0.25) is 0 Å². The van der Waals surface area contributed by atoms with Gasteiger partial charge in [-0.1, -0.05) is 6.58 Å². The van der Waals surface area contributed by atoms with E-state index in [9.17, 15) is 9.00 Å². The zero-order chi connectivity index (χ0) is 9.03. The summed E-state index contributed by atoms with van der Waals surface area (Å²) in [6.45, 7) is 4.10. The molecule has 0 bridgehead atoms. The smallest absolute Gasteiger partial charge is 0.277 e. The van der Waals surface area contributed by atoms with Gasteiger partial charge in [0.1, 0.15) is 0 Å². The highest BCUT2D eigenvalue weighted by Gasteiger charge is 2.15. The van der Waals surface area contributed by atoms with Gasteiger partial charge >= 0.3 is 0 Å². The Morgan fingerprint density at radius 2 is 2.08 bits per heavy atom. The average molecular weight is 189 g/mol. The van der Waals surface area contributed by atoms with E-state index in [1.165, 1.54) is 0 Å². The lowest BCUT2D eigenvalue weighted by Crippen LogP contribution is -2.26. The third-order valence-electron chi connectivity index (χ3n) is 1.52. The van der Waals surface area contributed by atoms with Gasteiger partial charge in [-0.05, 0) is 6.08 Å². The Morgan fingerprint density at radius 3 is 2.58 bits per heavy atom.